The van der Waals surface area contributed by atoms with E-state index in [4.69, 9.17) is 11.6 Å². The maximum Gasteiger partial charge on any atom is 0.253 e. The fraction of sp³-hybridized carbons (Fsp3) is 0.364. The van der Waals surface area contributed by atoms with Crippen molar-refractivity contribution in [3.05, 3.63) is 64.7 Å². The van der Waals surface area contributed by atoms with Crippen molar-refractivity contribution in [2.75, 3.05) is 44.2 Å². The van der Waals surface area contributed by atoms with E-state index in [1.807, 2.05) is 34.1 Å². The number of anilines is 1. The fourth-order valence-electron chi connectivity index (χ4n) is 3.91. The highest BCUT2D eigenvalue weighted by molar-refractivity contribution is 6.30. The molecule has 2 saturated heterocycles. The lowest BCUT2D eigenvalue weighted by molar-refractivity contribution is 0.0746. The number of piperazine rings is 1. The average Bonchev–Trinajstić information content (AvgIpc) is 3.28. The number of carbonyl (C=O) groups is 2. The summed E-state index contributed by atoms with van der Waals surface area (Å²) in [6, 6.07) is 14.9. The van der Waals surface area contributed by atoms with E-state index in [0.29, 0.717) is 24.2 Å². The summed E-state index contributed by atoms with van der Waals surface area (Å²) in [6.07, 6.45) is 2.11. The van der Waals surface area contributed by atoms with Gasteiger partial charge in [0.15, 0.2) is 0 Å². The monoisotopic (exact) mass is 397 g/mol. The predicted octanol–water partition coefficient (Wildman–Crippen LogP) is 3.54. The van der Waals surface area contributed by atoms with Gasteiger partial charge in [-0.05, 0) is 49.2 Å². The Morgan fingerprint density at radius 1 is 0.714 bits per heavy atom. The van der Waals surface area contributed by atoms with Gasteiger partial charge in [0.1, 0.15) is 0 Å². The van der Waals surface area contributed by atoms with Crippen LogP contribution in [0.3, 0.4) is 0 Å². The van der Waals surface area contributed by atoms with Gasteiger partial charge in [-0.15, -0.1) is 0 Å². The van der Waals surface area contributed by atoms with E-state index in [-0.39, 0.29) is 11.8 Å². The van der Waals surface area contributed by atoms with E-state index in [2.05, 4.69) is 4.90 Å². The van der Waals surface area contributed by atoms with Crippen molar-refractivity contribution in [2.24, 2.45) is 0 Å². The number of halogens is 1. The van der Waals surface area contributed by atoms with Gasteiger partial charge < -0.3 is 14.7 Å². The van der Waals surface area contributed by atoms with Crippen LogP contribution in [0.15, 0.2) is 48.5 Å². The summed E-state index contributed by atoms with van der Waals surface area (Å²) in [7, 11) is 0. The second kappa shape index (κ2) is 8.23. The zero-order valence-electron chi connectivity index (χ0n) is 15.8. The largest absolute Gasteiger partial charge is 0.368 e. The van der Waals surface area contributed by atoms with E-state index >= 15 is 0 Å². The molecule has 0 atom stereocenters. The van der Waals surface area contributed by atoms with Crippen LogP contribution in [-0.4, -0.2) is 60.9 Å². The van der Waals surface area contributed by atoms with E-state index in [9.17, 15) is 9.59 Å². The quantitative estimate of drug-likeness (QED) is 0.795. The SMILES string of the molecule is O=C(c1cccc(C(=O)N2CCN(c3cccc(Cl)c3)CC2)c1)N1CCCC1. The summed E-state index contributed by atoms with van der Waals surface area (Å²) >= 11 is 6.09. The zero-order valence-corrected chi connectivity index (χ0v) is 16.6. The van der Waals surface area contributed by atoms with Crippen molar-refractivity contribution < 1.29 is 9.59 Å². The first-order valence-electron chi connectivity index (χ1n) is 9.81. The minimum Gasteiger partial charge on any atom is -0.368 e. The van der Waals surface area contributed by atoms with Crippen LogP contribution in [0.2, 0.25) is 5.02 Å². The van der Waals surface area contributed by atoms with Crippen LogP contribution in [0, 0.1) is 0 Å². The molecule has 0 radical (unpaired) electrons. The van der Waals surface area contributed by atoms with Gasteiger partial charge in [0, 0.05) is 61.1 Å². The average molecular weight is 398 g/mol. The Bertz CT molecular complexity index is 872. The van der Waals surface area contributed by atoms with Crippen molar-refractivity contribution in [3.63, 3.8) is 0 Å². The summed E-state index contributed by atoms with van der Waals surface area (Å²) in [5, 5.41) is 0.718. The van der Waals surface area contributed by atoms with Gasteiger partial charge in [-0.25, -0.2) is 0 Å². The number of hydrogen-bond donors (Lipinski definition) is 0. The molecule has 0 aromatic heterocycles. The third-order valence-electron chi connectivity index (χ3n) is 5.49. The molecular formula is C22H24ClN3O2. The molecule has 5 nitrogen and oxygen atoms in total. The Morgan fingerprint density at radius 2 is 1.29 bits per heavy atom. The van der Waals surface area contributed by atoms with Crippen molar-refractivity contribution in [2.45, 2.75) is 12.8 Å². The summed E-state index contributed by atoms with van der Waals surface area (Å²) in [5.41, 5.74) is 2.27. The molecule has 0 N–H and O–H groups in total. The smallest absolute Gasteiger partial charge is 0.253 e. The molecule has 2 fully saturated rings. The number of amides is 2. The highest BCUT2D eigenvalue weighted by Crippen LogP contribution is 2.22. The molecule has 6 heteroatoms. The fourth-order valence-corrected chi connectivity index (χ4v) is 4.10. The Balaban J connectivity index is 1.41. The molecule has 2 amide bonds. The van der Waals surface area contributed by atoms with Gasteiger partial charge >= 0.3 is 0 Å². The van der Waals surface area contributed by atoms with Crippen LogP contribution >= 0.6 is 11.6 Å². The third kappa shape index (κ3) is 3.99. The molecule has 0 unspecified atom stereocenters. The van der Waals surface area contributed by atoms with E-state index in [1.165, 1.54) is 0 Å². The number of carbonyl (C=O) groups excluding carboxylic acids is 2. The molecular weight excluding hydrogens is 374 g/mol. The first-order valence-corrected chi connectivity index (χ1v) is 10.2. The van der Waals surface area contributed by atoms with Crippen molar-refractivity contribution in [3.8, 4) is 0 Å². The highest BCUT2D eigenvalue weighted by Gasteiger charge is 2.24. The molecule has 2 heterocycles. The summed E-state index contributed by atoms with van der Waals surface area (Å²) < 4.78 is 0. The highest BCUT2D eigenvalue weighted by atomic mass is 35.5. The summed E-state index contributed by atoms with van der Waals surface area (Å²) in [6.45, 7) is 4.44. The van der Waals surface area contributed by atoms with Crippen LogP contribution in [0.25, 0.3) is 0 Å². The zero-order chi connectivity index (χ0) is 19.5. The molecule has 2 aromatic rings. The number of hydrogen-bond acceptors (Lipinski definition) is 3. The van der Waals surface area contributed by atoms with Gasteiger partial charge in [0.05, 0.1) is 0 Å². The Labute approximate surface area is 170 Å². The minimum atomic E-state index is -0.0122. The van der Waals surface area contributed by atoms with Gasteiger partial charge in [0.25, 0.3) is 11.8 Å². The van der Waals surface area contributed by atoms with Crippen LogP contribution in [0.4, 0.5) is 5.69 Å². The molecule has 2 aromatic carbocycles. The van der Waals surface area contributed by atoms with Crippen LogP contribution < -0.4 is 4.90 Å². The van der Waals surface area contributed by atoms with E-state index < -0.39 is 0 Å². The lowest BCUT2D eigenvalue weighted by Gasteiger charge is -2.36. The lowest BCUT2D eigenvalue weighted by Crippen LogP contribution is -2.48. The van der Waals surface area contributed by atoms with Crippen molar-refractivity contribution >= 4 is 29.1 Å². The van der Waals surface area contributed by atoms with Crippen LogP contribution in [-0.2, 0) is 0 Å². The number of nitrogens with zero attached hydrogens (tertiary/aromatic N) is 3. The molecule has 2 aliphatic heterocycles. The van der Waals surface area contributed by atoms with Crippen molar-refractivity contribution in [1.29, 1.82) is 0 Å². The Morgan fingerprint density at radius 3 is 1.89 bits per heavy atom. The number of rotatable bonds is 3. The van der Waals surface area contributed by atoms with E-state index in [0.717, 1.165) is 49.7 Å². The molecule has 0 saturated carbocycles. The third-order valence-corrected chi connectivity index (χ3v) is 5.73. The Hall–Kier alpha value is -2.53. The first kappa shape index (κ1) is 18.8. The molecule has 2 aliphatic rings. The van der Waals surface area contributed by atoms with Gasteiger partial charge in [-0.3, -0.25) is 9.59 Å². The topological polar surface area (TPSA) is 43.9 Å². The standard InChI is InChI=1S/C22H24ClN3O2/c23-19-7-4-8-20(16-19)24-11-13-26(14-12-24)22(28)18-6-3-5-17(15-18)21(27)25-9-1-2-10-25/h3-8,15-16H,1-2,9-14H2. The van der Waals surface area contributed by atoms with E-state index in [1.54, 1.807) is 24.3 Å². The molecule has 146 valence electrons. The van der Waals surface area contributed by atoms with Gasteiger partial charge in [-0.2, -0.15) is 0 Å². The molecule has 0 bridgehead atoms. The predicted molar refractivity (Wildman–Crippen MR) is 111 cm³/mol. The Kier molecular flexibility index (Phi) is 5.53. The van der Waals surface area contributed by atoms with Crippen LogP contribution in [0.1, 0.15) is 33.6 Å². The molecule has 0 aliphatic carbocycles. The van der Waals surface area contributed by atoms with Crippen molar-refractivity contribution in [1.82, 2.24) is 9.80 Å². The maximum absolute atomic E-state index is 13.0. The van der Waals surface area contributed by atoms with Gasteiger partial charge in [-0.1, -0.05) is 23.7 Å². The van der Waals surface area contributed by atoms with Gasteiger partial charge in [0.2, 0.25) is 0 Å². The summed E-state index contributed by atoms with van der Waals surface area (Å²) in [5.74, 6) is 0.0136. The molecule has 4 rings (SSSR count). The summed E-state index contributed by atoms with van der Waals surface area (Å²) in [4.78, 5) is 31.5. The number of likely N-dealkylation sites (tertiary alicyclic amines) is 1. The maximum atomic E-state index is 13.0. The lowest BCUT2D eigenvalue weighted by atomic mass is 10.1. The normalized spacial score (nSPS) is 17.1. The minimum absolute atomic E-state index is 0.0122. The second-order valence-electron chi connectivity index (χ2n) is 7.34. The molecule has 0 spiro atoms. The molecule has 28 heavy (non-hydrogen) atoms. The second-order valence-corrected chi connectivity index (χ2v) is 7.78. The number of benzene rings is 2. The first-order chi connectivity index (χ1) is 13.6. The van der Waals surface area contributed by atoms with Crippen LogP contribution in [0.5, 0.6) is 0 Å².